The maximum absolute atomic E-state index is 12.4. The van der Waals surface area contributed by atoms with Crippen LogP contribution >= 0.6 is 0 Å². The minimum absolute atomic E-state index is 0.0601. The molecule has 0 spiro atoms. The number of aromatic nitrogens is 2. The molecule has 5 nitrogen and oxygen atoms in total. The second-order valence-corrected chi connectivity index (χ2v) is 4.11. The quantitative estimate of drug-likeness (QED) is 0.907. The Labute approximate surface area is 117 Å². The molecule has 110 valence electrons. The number of carboxylic acid groups (broad SMARTS) is 1. The standard InChI is InChI=1S/C13H10F3N3O2/c14-13(15,16)9-3-1-8(2-4-9)7-19-11-10(12(20)21)17-5-6-18-11/h1-6H,7H2,(H,18,19)(H,20,21). The highest BCUT2D eigenvalue weighted by molar-refractivity contribution is 5.90. The van der Waals surface area contributed by atoms with Gasteiger partial charge in [0.2, 0.25) is 0 Å². The molecule has 0 unspecified atom stereocenters. The smallest absolute Gasteiger partial charge is 0.416 e. The van der Waals surface area contributed by atoms with E-state index >= 15 is 0 Å². The van der Waals surface area contributed by atoms with Gasteiger partial charge in [0.15, 0.2) is 11.5 Å². The van der Waals surface area contributed by atoms with Crippen LogP contribution in [-0.4, -0.2) is 21.0 Å². The van der Waals surface area contributed by atoms with Gasteiger partial charge in [0, 0.05) is 18.9 Å². The predicted octanol–water partition coefficient (Wildman–Crippen LogP) is 2.81. The van der Waals surface area contributed by atoms with Gasteiger partial charge in [-0.25, -0.2) is 14.8 Å². The summed E-state index contributed by atoms with van der Waals surface area (Å²) in [5.41, 5.74) is -0.425. The summed E-state index contributed by atoms with van der Waals surface area (Å²) in [6.07, 6.45) is -1.82. The maximum Gasteiger partial charge on any atom is 0.416 e. The van der Waals surface area contributed by atoms with Crippen LogP contribution in [0.3, 0.4) is 0 Å². The van der Waals surface area contributed by atoms with E-state index in [1.807, 2.05) is 0 Å². The number of carbonyl (C=O) groups is 1. The molecule has 0 fully saturated rings. The number of benzene rings is 1. The summed E-state index contributed by atoms with van der Waals surface area (Å²) in [7, 11) is 0. The first-order chi connectivity index (χ1) is 9.88. The van der Waals surface area contributed by atoms with E-state index in [-0.39, 0.29) is 18.1 Å². The number of nitrogens with zero attached hydrogens (tertiary/aromatic N) is 2. The van der Waals surface area contributed by atoms with E-state index in [1.165, 1.54) is 24.5 Å². The predicted molar refractivity (Wildman–Crippen MR) is 67.8 cm³/mol. The van der Waals surface area contributed by atoms with Crippen LogP contribution in [0, 0.1) is 0 Å². The van der Waals surface area contributed by atoms with Crippen molar-refractivity contribution in [1.29, 1.82) is 0 Å². The fourth-order valence-corrected chi connectivity index (χ4v) is 1.62. The third-order valence-corrected chi connectivity index (χ3v) is 2.64. The van der Waals surface area contributed by atoms with Crippen LogP contribution in [0.25, 0.3) is 0 Å². The van der Waals surface area contributed by atoms with Gasteiger partial charge in [-0.1, -0.05) is 12.1 Å². The van der Waals surface area contributed by atoms with Gasteiger partial charge in [-0.15, -0.1) is 0 Å². The summed E-state index contributed by atoms with van der Waals surface area (Å²) in [5.74, 6) is -1.18. The molecular weight excluding hydrogens is 287 g/mol. The van der Waals surface area contributed by atoms with E-state index in [2.05, 4.69) is 15.3 Å². The maximum atomic E-state index is 12.4. The van der Waals surface area contributed by atoms with Crippen LogP contribution in [0.15, 0.2) is 36.7 Å². The summed E-state index contributed by atoms with van der Waals surface area (Å²) in [6.45, 7) is 0.136. The Bertz CT molecular complexity index is 642. The summed E-state index contributed by atoms with van der Waals surface area (Å²) < 4.78 is 37.2. The van der Waals surface area contributed by atoms with Crippen molar-refractivity contribution in [2.45, 2.75) is 12.7 Å². The highest BCUT2D eigenvalue weighted by Crippen LogP contribution is 2.29. The van der Waals surface area contributed by atoms with Crippen LogP contribution < -0.4 is 5.32 Å². The van der Waals surface area contributed by atoms with Gasteiger partial charge in [-0.2, -0.15) is 13.2 Å². The van der Waals surface area contributed by atoms with Crippen molar-refractivity contribution in [1.82, 2.24) is 9.97 Å². The van der Waals surface area contributed by atoms with Crippen LogP contribution in [0.4, 0.5) is 19.0 Å². The van der Waals surface area contributed by atoms with Gasteiger partial charge in [-0.3, -0.25) is 0 Å². The number of halogens is 3. The third kappa shape index (κ3) is 3.68. The number of aromatic carboxylic acids is 1. The lowest BCUT2D eigenvalue weighted by atomic mass is 10.1. The average Bonchev–Trinajstić information content (AvgIpc) is 2.45. The van der Waals surface area contributed by atoms with Crippen LogP contribution in [0.5, 0.6) is 0 Å². The molecule has 21 heavy (non-hydrogen) atoms. The van der Waals surface area contributed by atoms with Gasteiger partial charge >= 0.3 is 12.1 Å². The van der Waals surface area contributed by atoms with Gasteiger partial charge in [0.1, 0.15) is 0 Å². The van der Waals surface area contributed by atoms with Crippen molar-refractivity contribution in [3.8, 4) is 0 Å². The van der Waals surface area contributed by atoms with E-state index in [1.54, 1.807) is 0 Å². The van der Waals surface area contributed by atoms with E-state index in [0.717, 1.165) is 12.1 Å². The Hall–Kier alpha value is -2.64. The molecule has 0 radical (unpaired) electrons. The molecule has 0 amide bonds. The topological polar surface area (TPSA) is 75.1 Å². The molecule has 1 aromatic heterocycles. The first-order valence-electron chi connectivity index (χ1n) is 5.82. The molecule has 0 saturated carbocycles. The molecule has 2 aromatic rings. The fourth-order valence-electron chi connectivity index (χ4n) is 1.62. The molecule has 0 aliphatic rings. The summed E-state index contributed by atoms with van der Waals surface area (Å²) >= 11 is 0. The first kappa shape index (κ1) is 14.8. The van der Waals surface area contributed by atoms with Gasteiger partial charge < -0.3 is 10.4 Å². The van der Waals surface area contributed by atoms with Crippen LogP contribution in [0.2, 0.25) is 0 Å². The van der Waals surface area contributed by atoms with Crippen LogP contribution in [-0.2, 0) is 12.7 Å². The number of alkyl halides is 3. The Morgan fingerprint density at radius 2 is 1.76 bits per heavy atom. The van der Waals surface area contributed by atoms with Crippen molar-refractivity contribution < 1.29 is 23.1 Å². The van der Waals surface area contributed by atoms with Crippen molar-refractivity contribution in [3.05, 3.63) is 53.5 Å². The Morgan fingerprint density at radius 1 is 1.14 bits per heavy atom. The number of carboxylic acids is 1. The molecule has 2 rings (SSSR count). The molecule has 2 N–H and O–H groups in total. The molecule has 0 saturated heterocycles. The lowest BCUT2D eigenvalue weighted by Gasteiger charge is -2.09. The lowest BCUT2D eigenvalue weighted by Crippen LogP contribution is -2.10. The number of hydrogen-bond donors (Lipinski definition) is 2. The minimum Gasteiger partial charge on any atom is -0.476 e. The zero-order chi connectivity index (χ0) is 15.5. The molecule has 8 heteroatoms. The van der Waals surface area contributed by atoms with E-state index < -0.39 is 17.7 Å². The SMILES string of the molecule is O=C(O)c1nccnc1NCc1ccc(C(F)(F)F)cc1. The van der Waals surface area contributed by atoms with Crippen molar-refractivity contribution in [2.24, 2.45) is 0 Å². The molecule has 0 atom stereocenters. The van der Waals surface area contributed by atoms with Crippen molar-refractivity contribution in [2.75, 3.05) is 5.32 Å². The second-order valence-electron chi connectivity index (χ2n) is 4.11. The highest BCUT2D eigenvalue weighted by atomic mass is 19.4. The van der Waals surface area contributed by atoms with E-state index in [4.69, 9.17) is 5.11 Å². The second kappa shape index (κ2) is 5.78. The first-order valence-corrected chi connectivity index (χ1v) is 5.82. The van der Waals surface area contributed by atoms with Gasteiger partial charge in [0.05, 0.1) is 5.56 Å². The summed E-state index contributed by atoms with van der Waals surface area (Å²) in [4.78, 5) is 18.4. The van der Waals surface area contributed by atoms with Crippen molar-refractivity contribution >= 4 is 11.8 Å². The van der Waals surface area contributed by atoms with Crippen LogP contribution in [0.1, 0.15) is 21.6 Å². The average molecular weight is 297 g/mol. The fraction of sp³-hybridized carbons (Fsp3) is 0.154. The molecule has 1 aromatic carbocycles. The van der Waals surface area contributed by atoms with E-state index in [9.17, 15) is 18.0 Å². The Morgan fingerprint density at radius 3 is 2.33 bits per heavy atom. The van der Waals surface area contributed by atoms with Gasteiger partial charge in [-0.05, 0) is 17.7 Å². The summed E-state index contributed by atoms with van der Waals surface area (Å²) in [6, 6.07) is 4.55. The largest absolute Gasteiger partial charge is 0.476 e. The molecule has 0 bridgehead atoms. The molecule has 0 aliphatic carbocycles. The number of anilines is 1. The number of nitrogens with one attached hydrogen (secondary N) is 1. The summed E-state index contributed by atoms with van der Waals surface area (Å²) in [5, 5.41) is 11.7. The lowest BCUT2D eigenvalue weighted by molar-refractivity contribution is -0.137. The van der Waals surface area contributed by atoms with E-state index in [0.29, 0.717) is 5.56 Å². The molecule has 1 heterocycles. The number of hydrogen-bond acceptors (Lipinski definition) is 4. The third-order valence-electron chi connectivity index (χ3n) is 2.64. The highest BCUT2D eigenvalue weighted by Gasteiger charge is 2.29. The normalized spacial score (nSPS) is 11.2. The monoisotopic (exact) mass is 297 g/mol. The zero-order valence-corrected chi connectivity index (χ0v) is 10.6. The van der Waals surface area contributed by atoms with Gasteiger partial charge in [0.25, 0.3) is 0 Å². The number of rotatable bonds is 4. The van der Waals surface area contributed by atoms with Crippen molar-refractivity contribution in [3.63, 3.8) is 0 Å². The molecular formula is C13H10F3N3O2. The Kier molecular flexibility index (Phi) is 4.06. The minimum atomic E-state index is -4.38. The Balaban J connectivity index is 2.09. The zero-order valence-electron chi connectivity index (χ0n) is 10.6. The molecule has 0 aliphatic heterocycles.